The van der Waals surface area contributed by atoms with Gasteiger partial charge in [0.1, 0.15) is 5.72 Å². The Labute approximate surface area is 166 Å². The van der Waals surface area contributed by atoms with Gasteiger partial charge in [-0.15, -0.1) is 0 Å². The maximum absolute atomic E-state index is 13.4. The number of amides is 1. The smallest absolute Gasteiger partial charge is 0.232 e. The first kappa shape index (κ1) is 21.1. The topological polar surface area (TPSA) is 38.8 Å². The van der Waals surface area contributed by atoms with Crippen LogP contribution in [-0.4, -0.2) is 44.1 Å². The zero-order valence-electron chi connectivity index (χ0n) is 18.6. The van der Waals surface area contributed by atoms with Gasteiger partial charge in [0, 0.05) is 13.0 Å². The van der Waals surface area contributed by atoms with E-state index < -0.39 is 14.0 Å². The molecule has 3 rings (SSSR count). The average molecular weight is 394 g/mol. The van der Waals surface area contributed by atoms with E-state index in [-0.39, 0.29) is 16.5 Å². The number of hydrogen-bond acceptors (Lipinski definition) is 3. The zero-order chi connectivity index (χ0) is 20.3. The molecule has 0 unspecified atom stereocenters. The van der Waals surface area contributed by atoms with Gasteiger partial charge in [-0.1, -0.05) is 46.3 Å². The molecule has 0 bridgehead atoms. The number of carbonyl (C=O) groups excluding carboxylic acids is 1. The summed E-state index contributed by atoms with van der Waals surface area (Å²) in [5.41, 5.74) is 0.717. The molecule has 3 atom stereocenters. The van der Waals surface area contributed by atoms with Gasteiger partial charge in [0.05, 0.1) is 18.1 Å². The highest BCUT2D eigenvalue weighted by Gasteiger charge is 2.63. The Morgan fingerprint density at radius 2 is 2.04 bits per heavy atom. The molecule has 0 aromatic rings. The number of carbonyl (C=O) groups is 1. The number of hydrogen-bond donors (Lipinski definition) is 0. The second-order valence-corrected chi connectivity index (χ2v) is 15.8. The molecule has 3 aliphatic rings. The Morgan fingerprint density at radius 1 is 1.37 bits per heavy atom. The lowest BCUT2D eigenvalue weighted by molar-refractivity contribution is -0.142. The fraction of sp³-hybridized carbons (Fsp3) is 0.864. The number of rotatable bonds is 5. The van der Waals surface area contributed by atoms with E-state index in [4.69, 9.17) is 9.16 Å². The fourth-order valence-corrected chi connectivity index (χ4v) is 5.82. The molecule has 2 saturated heterocycles. The lowest BCUT2D eigenvalue weighted by Gasteiger charge is -2.36. The molecular weight excluding hydrogens is 354 g/mol. The first-order chi connectivity index (χ1) is 12.3. The number of nitrogens with zero attached hydrogens (tertiary/aromatic N) is 1. The van der Waals surface area contributed by atoms with Crippen molar-refractivity contribution in [3.63, 3.8) is 0 Å². The molecule has 0 radical (unpaired) electrons. The van der Waals surface area contributed by atoms with Crippen molar-refractivity contribution in [1.29, 1.82) is 0 Å². The Kier molecular flexibility index (Phi) is 5.23. The van der Waals surface area contributed by atoms with E-state index >= 15 is 0 Å². The minimum absolute atomic E-state index is 0.216. The summed E-state index contributed by atoms with van der Waals surface area (Å²) < 4.78 is 12.5. The molecular formula is C22H39NO3Si. The molecule has 5 heteroatoms. The second-order valence-electron chi connectivity index (χ2n) is 11.0. The van der Waals surface area contributed by atoms with Crippen LogP contribution in [0.5, 0.6) is 0 Å². The van der Waals surface area contributed by atoms with Crippen LogP contribution in [0.25, 0.3) is 0 Å². The number of fused-ring (bicyclic) bond motifs is 1. The molecule has 0 N–H and O–H groups in total. The molecule has 2 fully saturated rings. The summed E-state index contributed by atoms with van der Waals surface area (Å²) in [6.45, 7) is 19.4. The van der Waals surface area contributed by atoms with Gasteiger partial charge in [0.15, 0.2) is 8.32 Å². The van der Waals surface area contributed by atoms with Gasteiger partial charge in [0.25, 0.3) is 0 Å². The Balaban J connectivity index is 1.61. The van der Waals surface area contributed by atoms with Crippen LogP contribution in [0.2, 0.25) is 18.1 Å². The fourth-order valence-electron chi connectivity index (χ4n) is 4.77. The van der Waals surface area contributed by atoms with Gasteiger partial charge in [-0.05, 0) is 50.2 Å². The molecule has 0 aromatic heterocycles. The highest BCUT2D eigenvalue weighted by atomic mass is 28.4. The predicted molar refractivity (Wildman–Crippen MR) is 112 cm³/mol. The summed E-state index contributed by atoms with van der Waals surface area (Å²) in [7, 11) is -1.71. The van der Waals surface area contributed by atoms with Crippen molar-refractivity contribution in [3.8, 4) is 0 Å². The van der Waals surface area contributed by atoms with Crippen LogP contribution in [0.4, 0.5) is 0 Å². The third-order valence-electron chi connectivity index (χ3n) is 7.55. The monoisotopic (exact) mass is 393 g/mol. The van der Waals surface area contributed by atoms with E-state index in [0.29, 0.717) is 18.4 Å². The van der Waals surface area contributed by atoms with E-state index in [0.717, 1.165) is 32.3 Å². The summed E-state index contributed by atoms with van der Waals surface area (Å²) in [6.07, 6.45) is 5.83. The summed E-state index contributed by atoms with van der Waals surface area (Å²) in [6, 6.07) is 0.216. The maximum atomic E-state index is 13.4. The van der Waals surface area contributed by atoms with Gasteiger partial charge in [-0.25, -0.2) is 0 Å². The van der Waals surface area contributed by atoms with E-state index in [2.05, 4.69) is 65.6 Å². The van der Waals surface area contributed by atoms with Crippen LogP contribution >= 0.6 is 0 Å². The van der Waals surface area contributed by atoms with Crippen LogP contribution in [0.15, 0.2) is 11.6 Å². The van der Waals surface area contributed by atoms with Crippen molar-refractivity contribution < 1.29 is 14.0 Å². The predicted octanol–water partition coefficient (Wildman–Crippen LogP) is 5.11. The minimum atomic E-state index is -1.71. The second kappa shape index (κ2) is 6.70. The van der Waals surface area contributed by atoms with Gasteiger partial charge < -0.3 is 14.1 Å². The first-order valence-electron chi connectivity index (χ1n) is 10.6. The van der Waals surface area contributed by atoms with Crippen molar-refractivity contribution in [3.05, 3.63) is 11.6 Å². The third-order valence-corrected chi connectivity index (χ3v) is 12.1. The minimum Gasteiger partial charge on any atom is -0.417 e. The normalized spacial score (nSPS) is 34.1. The lowest BCUT2D eigenvalue weighted by Crippen LogP contribution is -2.46. The Bertz CT molecular complexity index is 636. The SMILES string of the molecule is CC(C)[C@H]1CO[C@]2(C)C[C@]3(CC=C(CCO[Si](C)(C)C(C)(C)C)C3)C(=O)N12. The number of ether oxygens (including phenoxy) is 1. The summed E-state index contributed by atoms with van der Waals surface area (Å²) in [4.78, 5) is 15.5. The Morgan fingerprint density at radius 3 is 2.63 bits per heavy atom. The molecule has 1 spiro atoms. The summed E-state index contributed by atoms with van der Waals surface area (Å²) in [5.74, 6) is 0.746. The van der Waals surface area contributed by atoms with Crippen molar-refractivity contribution in [2.75, 3.05) is 13.2 Å². The molecule has 1 amide bonds. The van der Waals surface area contributed by atoms with Gasteiger partial charge in [-0.3, -0.25) is 4.79 Å². The van der Waals surface area contributed by atoms with Gasteiger partial charge in [-0.2, -0.15) is 0 Å². The van der Waals surface area contributed by atoms with Crippen LogP contribution < -0.4 is 0 Å². The van der Waals surface area contributed by atoms with Gasteiger partial charge >= 0.3 is 0 Å². The average Bonchev–Trinajstić information content (AvgIpc) is 3.13. The van der Waals surface area contributed by atoms with E-state index in [1.807, 2.05) is 0 Å². The quantitative estimate of drug-likeness (QED) is 0.481. The van der Waals surface area contributed by atoms with E-state index in [1.54, 1.807) is 0 Å². The molecule has 2 aliphatic heterocycles. The highest BCUT2D eigenvalue weighted by molar-refractivity contribution is 6.74. The van der Waals surface area contributed by atoms with Crippen LogP contribution in [0.3, 0.4) is 0 Å². The largest absolute Gasteiger partial charge is 0.417 e. The lowest BCUT2D eigenvalue weighted by atomic mass is 9.80. The van der Waals surface area contributed by atoms with E-state index in [9.17, 15) is 4.79 Å². The van der Waals surface area contributed by atoms with E-state index in [1.165, 1.54) is 5.57 Å². The zero-order valence-corrected chi connectivity index (χ0v) is 19.6. The standard InChI is InChI=1S/C22H39NO3Si/c1-16(2)18-14-25-21(6)15-22(19(24)23(18)21)11-9-17(13-22)10-12-26-27(7,8)20(3,4)5/h9,16,18H,10-15H2,1-8H3/t18-,21-,22-/m1/s1. The highest BCUT2D eigenvalue weighted by Crippen LogP contribution is 2.56. The molecule has 0 saturated carbocycles. The summed E-state index contributed by atoms with van der Waals surface area (Å²) in [5, 5.41) is 0.238. The van der Waals surface area contributed by atoms with Crippen molar-refractivity contribution in [2.24, 2.45) is 11.3 Å². The Hall–Kier alpha value is -0.653. The van der Waals surface area contributed by atoms with Crippen molar-refractivity contribution in [1.82, 2.24) is 4.90 Å². The van der Waals surface area contributed by atoms with Gasteiger partial charge in [0.2, 0.25) is 5.91 Å². The first-order valence-corrected chi connectivity index (χ1v) is 13.5. The van der Waals surface area contributed by atoms with Crippen LogP contribution in [0, 0.1) is 11.3 Å². The van der Waals surface area contributed by atoms with Crippen molar-refractivity contribution >= 4 is 14.2 Å². The summed E-state index contributed by atoms with van der Waals surface area (Å²) >= 11 is 0. The number of allylic oxidation sites excluding steroid dienone is 1. The third kappa shape index (κ3) is 3.55. The maximum Gasteiger partial charge on any atom is 0.232 e. The molecule has 4 nitrogen and oxygen atoms in total. The molecule has 1 aliphatic carbocycles. The van der Waals surface area contributed by atoms with Crippen molar-refractivity contribution in [2.45, 2.75) is 97.1 Å². The molecule has 2 heterocycles. The molecule has 154 valence electrons. The van der Waals surface area contributed by atoms with Crippen LogP contribution in [0.1, 0.15) is 67.2 Å². The van der Waals surface area contributed by atoms with Crippen LogP contribution in [-0.2, 0) is 14.0 Å². The molecule has 0 aromatic carbocycles. The molecule has 27 heavy (non-hydrogen) atoms.